The molecule has 2 unspecified atom stereocenters. The number of nitrogens with zero attached hydrogens (tertiary/aromatic N) is 4. The van der Waals surface area contributed by atoms with Crippen molar-refractivity contribution < 1.29 is 8.42 Å². The fourth-order valence-corrected chi connectivity index (χ4v) is 5.54. The summed E-state index contributed by atoms with van der Waals surface area (Å²) in [5.41, 5.74) is 0.938. The van der Waals surface area contributed by atoms with Gasteiger partial charge in [-0.1, -0.05) is 6.92 Å². The molecule has 134 valence electrons. The highest BCUT2D eigenvalue weighted by Crippen LogP contribution is 2.26. The van der Waals surface area contributed by atoms with E-state index in [9.17, 15) is 8.42 Å². The van der Waals surface area contributed by atoms with E-state index < -0.39 is 9.84 Å². The van der Waals surface area contributed by atoms with E-state index in [1.54, 1.807) is 0 Å². The zero-order chi connectivity index (χ0) is 17.3. The summed E-state index contributed by atoms with van der Waals surface area (Å²) >= 11 is 0. The lowest BCUT2D eigenvalue weighted by Crippen LogP contribution is -2.39. The van der Waals surface area contributed by atoms with Crippen molar-refractivity contribution in [3.8, 4) is 0 Å². The highest BCUT2D eigenvalue weighted by atomic mass is 32.2. The number of sulfone groups is 1. The Morgan fingerprint density at radius 3 is 2.75 bits per heavy atom. The maximum Gasteiger partial charge on any atom is 0.227 e. The molecule has 2 atom stereocenters. The van der Waals surface area contributed by atoms with E-state index in [4.69, 9.17) is 4.98 Å². The van der Waals surface area contributed by atoms with Gasteiger partial charge in [-0.05, 0) is 39.0 Å². The summed E-state index contributed by atoms with van der Waals surface area (Å²) in [5.74, 6) is 2.82. The number of hydrogen-bond acceptors (Lipinski definition) is 6. The molecule has 6 nitrogen and oxygen atoms in total. The molecule has 0 amide bonds. The van der Waals surface area contributed by atoms with Crippen LogP contribution < -0.4 is 9.80 Å². The van der Waals surface area contributed by atoms with Crippen molar-refractivity contribution in [1.29, 1.82) is 0 Å². The van der Waals surface area contributed by atoms with Crippen LogP contribution in [0.1, 0.15) is 38.8 Å². The molecule has 0 spiro atoms. The molecular weight excluding hydrogens is 324 g/mol. The topological polar surface area (TPSA) is 66.4 Å². The minimum absolute atomic E-state index is 0.00469. The van der Waals surface area contributed by atoms with Gasteiger partial charge in [-0.25, -0.2) is 13.4 Å². The van der Waals surface area contributed by atoms with Crippen LogP contribution in [0, 0.1) is 12.8 Å². The summed E-state index contributed by atoms with van der Waals surface area (Å²) < 4.78 is 23.7. The van der Waals surface area contributed by atoms with Crippen molar-refractivity contribution in [1.82, 2.24) is 9.97 Å². The number of hydrogen-bond donors (Lipinski definition) is 0. The lowest BCUT2D eigenvalue weighted by Gasteiger charge is -2.33. The quantitative estimate of drug-likeness (QED) is 0.826. The van der Waals surface area contributed by atoms with Crippen molar-refractivity contribution in [2.45, 2.75) is 46.1 Å². The largest absolute Gasteiger partial charge is 0.356 e. The number of rotatable bonds is 4. The summed E-state index contributed by atoms with van der Waals surface area (Å²) in [6.07, 6.45) is 3.13. The molecule has 24 heavy (non-hydrogen) atoms. The Kier molecular flexibility index (Phi) is 4.99. The highest BCUT2D eigenvalue weighted by Gasteiger charge is 2.33. The first kappa shape index (κ1) is 17.5. The van der Waals surface area contributed by atoms with E-state index in [0.29, 0.717) is 18.3 Å². The summed E-state index contributed by atoms with van der Waals surface area (Å²) in [6, 6.07) is 2.04. The Labute approximate surface area is 145 Å². The lowest BCUT2D eigenvalue weighted by molar-refractivity contribution is 0.444. The van der Waals surface area contributed by atoms with Gasteiger partial charge in [-0.3, -0.25) is 0 Å². The Hall–Kier alpha value is -1.37. The zero-order valence-corrected chi connectivity index (χ0v) is 15.7. The third-order valence-corrected chi connectivity index (χ3v) is 6.81. The molecule has 7 heteroatoms. The molecule has 0 N–H and O–H groups in total. The van der Waals surface area contributed by atoms with Gasteiger partial charge in [0.1, 0.15) is 5.82 Å². The average Bonchev–Trinajstić information content (AvgIpc) is 2.87. The second-order valence-corrected chi connectivity index (χ2v) is 9.43. The molecule has 0 aliphatic carbocycles. The molecule has 1 aromatic heterocycles. The molecule has 3 rings (SSSR count). The van der Waals surface area contributed by atoms with Gasteiger partial charge in [0.05, 0.1) is 11.5 Å². The van der Waals surface area contributed by atoms with Gasteiger partial charge in [-0.2, -0.15) is 4.98 Å². The van der Waals surface area contributed by atoms with Crippen LogP contribution in [-0.2, 0) is 9.84 Å². The Morgan fingerprint density at radius 2 is 2.12 bits per heavy atom. The predicted octanol–water partition coefficient (Wildman–Crippen LogP) is 2.03. The van der Waals surface area contributed by atoms with Crippen LogP contribution in [0.4, 0.5) is 11.8 Å². The Balaban J connectivity index is 1.87. The second-order valence-electron chi connectivity index (χ2n) is 7.20. The first-order valence-electron chi connectivity index (χ1n) is 8.95. The van der Waals surface area contributed by atoms with E-state index in [0.717, 1.165) is 31.1 Å². The molecule has 2 saturated heterocycles. The van der Waals surface area contributed by atoms with Gasteiger partial charge in [0.25, 0.3) is 0 Å². The summed E-state index contributed by atoms with van der Waals surface area (Å²) in [7, 11) is -2.91. The van der Waals surface area contributed by atoms with Crippen molar-refractivity contribution in [2.24, 2.45) is 5.92 Å². The molecular formula is C17H28N4O2S. The van der Waals surface area contributed by atoms with Crippen LogP contribution in [0.25, 0.3) is 0 Å². The fraction of sp³-hybridized carbons (Fsp3) is 0.765. The number of aromatic nitrogens is 2. The summed E-state index contributed by atoms with van der Waals surface area (Å²) in [6.45, 7) is 9.09. The number of piperidine rings is 1. The molecule has 2 aliphatic heterocycles. The van der Waals surface area contributed by atoms with Crippen molar-refractivity contribution in [2.75, 3.05) is 40.9 Å². The van der Waals surface area contributed by atoms with Crippen molar-refractivity contribution >= 4 is 21.6 Å². The zero-order valence-electron chi connectivity index (χ0n) is 14.9. The monoisotopic (exact) mass is 352 g/mol. The van der Waals surface area contributed by atoms with Crippen LogP contribution in [0.3, 0.4) is 0 Å². The van der Waals surface area contributed by atoms with E-state index >= 15 is 0 Å². The summed E-state index contributed by atoms with van der Waals surface area (Å²) in [5, 5.41) is 0. The molecule has 0 saturated carbocycles. The summed E-state index contributed by atoms with van der Waals surface area (Å²) in [4.78, 5) is 13.8. The standard InChI is InChI=1S/C17H28N4O2S/c1-4-21(15-7-9-24(22,23)12-15)17-18-14(3)10-16(19-17)20-8-5-6-13(2)11-20/h10,13,15H,4-9,11-12H2,1-3H3. The van der Waals surface area contributed by atoms with E-state index in [2.05, 4.69) is 21.7 Å². The predicted molar refractivity (Wildman–Crippen MR) is 97.5 cm³/mol. The minimum Gasteiger partial charge on any atom is -0.356 e. The maximum atomic E-state index is 11.8. The van der Waals surface area contributed by atoms with Gasteiger partial charge >= 0.3 is 0 Å². The van der Waals surface area contributed by atoms with Gasteiger partial charge < -0.3 is 9.80 Å². The van der Waals surface area contributed by atoms with Gasteiger partial charge in [-0.15, -0.1) is 0 Å². The van der Waals surface area contributed by atoms with Gasteiger partial charge in [0.15, 0.2) is 9.84 Å². The molecule has 1 aromatic rings. The van der Waals surface area contributed by atoms with Crippen LogP contribution in [0.15, 0.2) is 6.07 Å². The first-order chi connectivity index (χ1) is 11.4. The molecule has 0 radical (unpaired) electrons. The number of anilines is 2. The van der Waals surface area contributed by atoms with E-state index in [1.807, 2.05) is 19.9 Å². The highest BCUT2D eigenvalue weighted by molar-refractivity contribution is 7.91. The van der Waals surface area contributed by atoms with E-state index in [-0.39, 0.29) is 17.5 Å². The third kappa shape index (κ3) is 3.82. The number of aryl methyl sites for hydroxylation is 1. The normalized spacial score (nSPS) is 26.5. The molecule has 2 aliphatic rings. The maximum absolute atomic E-state index is 11.8. The van der Waals surface area contributed by atoms with Crippen LogP contribution >= 0.6 is 0 Å². The molecule has 2 fully saturated rings. The smallest absolute Gasteiger partial charge is 0.227 e. The lowest BCUT2D eigenvalue weighted by atomic mass is 10.0. The van der Waals surface area contributed by atoms with Crippen molar-refractivity contribution in [3.05, 3.63) is 11.8 Å². The van der Waals surface area contributed by atoms with Crippen molar-refractivity contribution in [3.63, 3.8) is 0 Å². The van der Waals surface area contributed by atoms with Crippen LogP contribution in [0.5, 0.6) is 0 Å². The Morgan fingerprint density at radius 1 is 1.33 bits per heavy atom. The van der Waals surface area contributed by atoms with Gasteiger partial charge in [0, 0.05) is 37.4 Å². The molecule has 3 heterocycles. The molecule has 0 bridgehead atoms. The average molecular weight is 353 g/mol. The van der Waals surface area contributed by atoms with Crippen LogP contribution in [-0.4, -0.2) is 55.6 Å². The first-order valence-corrected chi connectivity index (χ1v) is 10.8. The van der Waals surface area contributed by atoms with Crippen LogP contribution in [0.2, 0.25) is 0 Å². The molecule has 0 aromatic carbocycles. The second kappa shape index (κ2) is 6.86. The fourth-order valence-electron chi connectivity index (χ4n) is 3.81. The SMILES string of the molecule is CCN(c1nc(C)cc(N2CCCC(C)C2)n1)C1CCS(=O)(=O)C1. The van der Waals surface area contributed by atoms with E-state index in [1.165, 1.54) is 12.8 Å². The Bertz CT molecular complexity index is 692. The minimum atomic E-state index is -2.91. The van der Waals surface area contributed by atoms with Gasteiger partial charge in [0.2, 0.25) is 5.95 Å². The third-order valence-electron chi connectivity index (χ3n) is 5.06.